The molecule has 176 valence electrons. The Balaban J connectivity index is 1.37. The second kappa shape index (κ2) is 9.13. The first-order chi connectivity index (χ1) is 16.4. The van der Waals surface area contributed by atoms with Gasteiger partial charge in [0.05, 0.1) is 13.0 Å². The molecule has 0 spiro atoms. The number of hydrogen-bond donors (Lipinski definition) is 1. The Morgan fingerprint density at radius 3 is 2.50 bits per heavy atom. The second-order valence-corrected chi connectivity index (χ2v) is 9.47. The topological polar surface area (TPSA) is 55.8 Å². The summed E-state index contributed by atoms with van der Waals surface area (Å²) in [6, 6.07) is 18.8. The molecule has 3 atom stereocenters. The molecule has 0 radical (unpaired) electrons. The van der Waals surface area contributed by atoms with Crippen LogP contribution in [0.5, 0.6) is 11.5 Å². The van der Waals surface area contributed by atoms with Gasteiger partial charge in [0.15, 0.2) is 0 Å². The fourth-order valence-electron chi connectivity index (χ4n) is 5.14. The van der Waals surface area contributed by atoms with Crippen LogP contribution >= 0.6 is 0 Å². The van der Waals surface area contributed by atoms with Crippen molar-refractivity contribution in [1.82, 2.24) is 0 Å². The van der Waals surface area contributed by atoms with E-state index in [-0.39, 0.29) is 17.8 Å². The summed E-state index contributed by atoms with van der Waals surface area (Å²) in [6.45, 7) is 1.81. The smallest absolute Gasteiger partial charge is 0.306 e. The molecule has 0 saturated heterocycles. The molecule has 2 aliphatic rings. The standard InChI is InChI=1S/C29H29FO4/c1-17(29(31)32)28(21-8-9-21)22-10-7-20-11-14-26(34-27(20)15-22)19-5-3-18(4-6-19)24-16-23(33-2)12-13-25(24)30/h3-7,10,12-13,15-17,21,26,28H,8-9,11,14H2,1-2H3,(H,31,32)/t17-,26-,28?/m0/s1. The number of hydrogen-bond acceptors (Lipinski definition) is 3. The predicted molar refractivity (Wildman–Crippen MR) is 129 cm³/mol. The second-order valence-electron chi connectivity index (χ2n) is 9.47. The number of carboxylic acid groups (broad SMARTS) is 1. The average Bonchev–Trinajstić information content (AvgIpc) is 3.69. The molecular weight excluding hydrogens is 431 g/mol. The van der Waals surface area contributed by atoms with Crippen molar-refractivity contribution in [1.29, 1.82) is 0 Å². The molecule has 1 heterocycles. The fraction of sp³-hybridized carbons (Fsp3) is 0.345. The summed E-state index contributed by atoms with van der Waals surface area (Å²) >= 11 is 0. The maximum absolute atomic E-state index is 14.4. The number of rotatable bonds is 7. The Hall–Kier alpha value is -3.34. The molecular formula is C29H29FO4. The largest absolute Gasteiger partial charge is 0.497 e. The molecule has 5 rings (SSSR count). The zero-order valence-electron chi connectivity index (χ0n) is 19.5. The van der Waals surface area contributed by atoms with Gasteiger partial charge in [0.2, 0.25) is 0 Å². The number of aliphatic carboxylic acids is 1. The van der Waals surface area contributed by atoms with E-state index in [0.717, 1.165) is 53.7 Å². The van der Waals surface area contributed by atoms with E-state index in [4.69, 9.17) is 9.47 Å². The quantitative estimate of drug-likeness (QED) is 0.422. The monoisotopic (exact) mass is 460 g/mol. The van der Waals surface area contributed by atoms with Gasteiger partial charge in [-0.15, -0.1) is 0 Å². The number of halogens is 1. The Labute approximate surface area is 199 Å². The molecule has 1 unspecified atom stereocenters. The van der Waals surface area contributed by atoms with Crippen molar-refractivity contribution < 1.29 is 23.8 Å². The highest BCUT2D eigenvalue weighted by Crippen LogP contribution is 2.48. The summed E-state index contributed by atoms with van der Waals surface area (Å²) in [6.07, 6.45) is 3.83. The van der Waals surface area contributed by atoms with E-state index >= 15 is 0 Å². The van der Waals surface area contributed by atoms with Crippen LogP contribution in [-0.2, 0) is 11.2 Å². The van der Waals surface area contributed by atoms with Gasteiger partial charge < -0.3 is 14.6 Å². The number of carbonyl (C=O) groups is 1. The van der Waals surface area contributed by atoms with Crippen molar-refractivity contribution in [2.45, 2.75) is 44.6 Å². The maximum atomic E-state index is 14.4. The number of fused-ring (bicyclic) bond motifs is 1. The lowest BCUT2D eigenvalue weighted by Gasteiger charge is -2.29. The van der Waals surface area contributed by atoms with Gasteiger partial charge in [0.25, 0.3) is 0 Å². The van der Waals surface area contributed by atoms with Crippen LogP contribution in [0.4, 0.5) is 4.39 Å². The summed E-state index contributed by atoms with van der Waals surface area (Å²) in [5.41, 5.74) is 4.55. The Bertz CT molecular complexity index is 1200. The van der Waals surface area contributed by atoms with Crippen LogP contribution in [-0.4, -0.2) is 18.2 Å². The number of carboxylic acids is 1. The van der Waals surface area contributed by atoms with Gasteiger partial charge in [-0.3, -0.25) is 4.79 Å². The summed E-state index contributed by atoms with van der Waals surface area (Å²) in [5.74, 6) is 0.460. The molecule has 1 fully saturated rings. The van der Waals surface area contributed by atoms with Gasteiger partial charge in [0.1, 0.15) is 23.4 Å². The minimum absolute atomic E-state index is 0.0174. The molecule has 0 bridgehead atoms. The first kappa shape index (κ1) is 22.5. The van der Waals surface area contributed by atoms with Crippen LogP contribution in [0.25, 0.3) is 11.1 Å². The number of methoxy groups -OCH3 is 1. The van der Waals surface area contributed by atoms with Crippen molar-refractivity contribution in [2.24, 2.45) is 11.8 Å². The normalized spacial score (nSPS) is 19.0. The van der Waals surface area contributed by atoms with Gasteiger partial charge in [-0.25, -0.2) is 4.39 Å². The minimum atomic E-state index is -0.749. The SMILES string of the molecule is COc1ccc(F)c(-c2ccc([C@@H]3CCc4ccc(C(C5CC5)[C@H](C)C(=O)O)cc4O3)cc2)c1. The molecule has 34 heavy (non-hydrogen) atoms. The van der Waals surface area contributed by atoms with Crippen LogP contribution < -0.4 is 9.47 Å². The molecule has 1 N–H and O–H groups in total. The van der Waals surface area contributed by atoms with Crippen molar-refractivity contribution >= 4 is 5.97 Å². The molecule has 3 aromatic rings. The lowest BCUT2D eigenvalue weighted by Crippen LogP contribution is -2.21. The molecule has 5 heteroatoms. The Morgan fingerprint density at radius 1 is 1.06 bits per heavy atom. The number of benzene rings is 3. The Kier molecular flexibility index (Phi) is 6.03. The third kappa shape index (κ3) is 4.39. The molecule has 1 saturated carbocycles. The molecule has 0 amide bonds. The van der Waals surface area contributed by atoms with E-state index < -0.39 is 11.9 Å². The van der Waals surface area contributed by atoms with Gasteiger partial charge in [0, 0.05) is 5.56 Å². The maximum Gasteiger partial charge on any atom is 0.306 e. The van der Waals surface area contributed by atoms with Crippen LogP contribution in [0.1, 0.15) is 54.9 Å². The zero-order valence-corrected chi connectivity index (χ0v) is 19.5. The van der Waals surface area contributed by atoms with E-state index in [0.29, 0.717) is 17.2 Å². The lowest BCUT2D eigenvalue weighted by molar-refractivity contribution is -0.142. The predicted octanol–water partition coefficient (Wildman–Crippen LogP) is 6.78. The van der Waals surface area contributed by atoms with E-state index in [1.807, 2.05) is 24.3 Å². The molecule has 1 aliphatic heterocycles. The number of aryl methyl sites for hydroxylation is 1. The molecule has 3 aromatic carbocycles. The third-order valence-corrected chi connectivity index (χ3v) is 7.25. The molecule has 1 aliphatic carbocycles. The van der Waals surface area contributed by atoms with Crippen LogP contribution in [0.15, 0.2) is 60.7 Å². The first-order valence-corrected chi connectivity index (χ1v) is 11.9. The Morgan fingerprint density at radius 2 is 1.82 bits per heavy atom. The minimum Gasteiger partial charge on any atom is -0.497 e. The van der Waals surface area contributed by atoms with E-state index in [1.54, 1.807) is 26.2 Å². The molecule has 0 aromatic heterocycles. The summed E-state index contributed by atoms with van der Waals surface area (Å²) in [7, 11) is 1.57. The van der Waals surface area contributed by atoms with E-state index in [1.165, 1.54) is 6.07 Å². The van der Waals surface area contributed by atoms with Crippen LogP contribution in [0, 0.1) is 17.7 Å². The first-order valence-electron chi connectivity index (χ1n) is 11.9. The summed E-state index contributed by atoms with van der Waals surface area (Å²) < 4.78 is 26.0. The average molecular weight is 461 g/mol. The van der Waals surface area contributed by atoms with Gasteiger partial charge in [-0.05, 0) is 84.0 Å². The highest BCUT2D eigenvalue weighted by Gasteiger charge is 2.39. The van der Waals surface area contributed by atoms with Crippen molar-refractivity contribution in [2.75, 3.05) is 7.11 Å². The fourth-order valence-corrected chi connectivity index (χ4v) is 5.14. The zero-order chi connectivity index (χ0) is 23.8. The lowest BCUT2D eigenvalue weighted by atomic mass is 9.82. The van der Waals surface area contributed by atoms with Crippen LogP contribution in [0.2, 0.25) is 0 Å². The highest BCUT2D eigenvalue weighted by molar-refractivity contribution is 5.71. The number of ether oxygens (including phenoxy) is 2. The van der Waals surface area contributed by atoms with E-state index in [9.17, 15) is 14.3 Å². The summed E-state index contributed by atoms with van der Waals surface area (Å²) in [4.78, 5) is 11.7. The third-order valence-electron chi connectivity index (χ3n) is 7.25. The van der Waals surface area contributed by atoms with Crippen molar-refractivity contribution in [3.63, 3.8) is 0 Å². The summed E-state index contributed by atoms with van der Waals surface area (Å²) in [5, 5.41) is 9.61. The highest BCUT2D eigenvalue weighted by atomic mass is 19.1. The van der Waals surface area contributed by atoms with Gasteiger partial charge in [-0.2, -0.15) is 0 Å². The van der Waals surface area contributed by atoms with E-state index in [2.05, 4.69) is 18.2 Å². The van der Waals surface area contributed by atoms with Crippen LogP contribution in [0.3, 0.4) is 0 Å². The van der Waals surface area contributed by atoms with Gasteiger partial charge in [-0.1, -0.05) is 43.3 Å². The van der Waals surface area contributed by atoms with Gasteiger partial charge >= 0.3 is 5.97 Å². The van der Waals surface area contributed by atoms with Crippen molar-refractivity contribution in [3.8, 4) is 22.6 Å². The molecule has 4 nitrogen and oxygen atoms in total. The van der Waals surface area contributed by atoms with Crippen molar-refractivity contribution in [3.05, 3.63) is 83.2 Å².